The van der Waals surface area contributed by atoms with Crippen LogP contribution in [0.4, 0.5) is 11.4 Å². The van der Waals surface area contributed by atoms with E-state index >= 15 is 0 Å². The molecule has 2 aliphatic rings. The van der Waals surface area contributed by atoms with Crippen LogP contribution in [-0.2, 0) is 0 Å². The molecular weight excluding hydrogens is 238 g/mol. The molecule has 1 aromatic rings. The first-order chi connectivity index (χ1) is 7.81. The minimum atomic E-state index is 0. The predicted molar refractivity (Wildman–Crippen MR) is 72.9 cm³/mol. The Kier molecular flexibility index (Phi) is 3.15. The van der Waals surface area contributed by atoms with Gasteiger partial charge in [-0.15, -0.1) is 12.4 Å². The third-order valence-corrected chi connectivity index (χ3v) is 3.17. The van der Waals surface area contributed by atoms with E-state index in [4.69, 9.17) is 4.74 Å². The lowest BCUT2D eigenvalue weighted by Crippen LogP contribution is -2.39. The van der Waals surface area contributed by atoms with Gasteiger partial charge >= 0.3 is 0 Å². The fourth-order valence-corrected chi connectivity index (χ4v) is 2.35. The van der Waals surface area contributed by atoms with E-state index in [0.29, 0.717) is 0 Å². The topological polar surface area (TPSA) is 28.1 Å². The van der Waals surface area contributed by atoms with Crippen molar-refractivity contribution in [3.8, 4) is 5.75 Å². The predicted octanol–water partition coefficient (Wildman–Crippen LogP) is 2.13. The molecule has 0 saturated heterocycles. The molecule has 5 heteroatoms. The Morgan fingerprint density at radius 1 is 1.29 bits per heavy atom. The maximum Gasteiger partial charge on any atom is 0.205 e. The summed E-state index contributed by atoms with van der Waals surface area (Å²) in [7, 11) is 3.76. The maximum absolute atomic E-state index is 5.27. The average molecular weight is 254 g/mol. The van der Waals surface area contributed by atoms with Crippen molar-refractivity contribution in [2.75, 3.05) is 37.0 Å². The van der Waals surface area contributed by atoms with E-state index in [1.165, 1.54) is 11.4 Å². The fraction of sp³-hybridized carbons (Fsp3) is 0.417. The number of nitrogens with zero attached hydrogens (tertiary/aromatic N) is 3. The summed E-state index contributed by atoms with van der Waals surface area (Å²) >= 11 is 0. The van der Waals surface area contributed by atoms with Gasteiger partial charge in [-0.05, 0) is 18.6 Å². The summed E-state index contributed by atoms with van der Waals surface area (Å²) in [5, 5.41) is 0. The van der Waals surface area contributed by atoms with Crippen LogP contribution in [0.1, 0.15) is 6.42 Å². The van der Waals surface area contributed by atoms with E-state index in [9.17, 15) is 0 Å². The van der Waals surface area contributed by atoms with Crippen LogP contribution < -0.4 is 14.5 Å². The normalized spacial score (nSPS) is 16.9. The van der Waals surface area contributed by atoms with Crippen molar-refractivity contribution in [1.29, 1.82) is 0 Å². The monoisotopic (exact) mass is 253 g/mol. The number of benzene rings is 1. The molecule has 0 saturated carbocycles. The smallest absolute Gasteiger partial charge is 0.205 e. The Hall–Kier alpha value is -1.42. The molecule has 2 heterocycles. The van der Waals surface area contributed by atoms with Crippen LogP contribution in [0.5, 0.6) is 5.75 Å². The summed E-state index contributed by atoms with van der Waals surface area (Å²) in [6.07, 6.45) is 1.12. The van der Waals surface area contributed by atoms with Crippen LogP contribution in [0.25, 0.3) is 0 Å². The lowest BCUT2D eigenvalue weighted by Gasteiger charge is -2.24. The number of guanidine groups is 1. The van der Waals surface area contributed by atoms with Crippen molar-refractivity contribution >= 4 is 29.7 Å². The minimum absolute atomic E-state index is 0. The quantitative estimate of drug-likeness (QED) is 0.768. The molecule has 0 spiro atoms. The molecule has 0 atom stereocenters. The third kappa shape index (κ3) is 1.72. The lowest BCUT2D eigenvalue weighted by atomic mass is 10.2. The van der Waals surface area contributed by atoms with Gasteiger partial charge in [-0.3, -0.25) is 4.99 Å². The van der Waals surface area contributed by atoms with Gasteiger partial charge < -0.3 is 14.5 Å². The molecule has 1 aromatic carbocycles. The summed E-state index contributed by atoms with van der Waals surface area (Å²) in [5.74, 6) is 1.97. The highest BCUT2D eigenvalue weighted by Crippen LogP contribution is 2.39. The number of anilines is 2. The van der Waals surface area contributed by atoms with Crippen molar-refractivity contribution in [3.05, 3.63) is 18.2 Å². The summed E-state index contributed by atoms with van der Waals surface area (Å²) in [5.41, 5.74) is 2.42. The first kappa shape index (κ1) is 12.0. The number of ether oxygens (including phenoxy) is 1. The number of aliphatic imine (C=N–C) groups is 1. The van der Waals surface area contributed by atoms with E-state index in [0.717, 1.165) is 31.2 Å². The maximum atomic E-state index is 5.27. The highest BCUT2D eigenvalue weighted by molar-refractivity contribution is 6.16. The summed E-state index contributed by atoms with van der Waals surface area (Å²) in [4.78, 5) is 8.98. The van der Waals surface area contributed by atoms with Crippen LogP contribution in [0.3, 0.4) is 0 Å². The van der Waals surface area contributed by atoms with Crippen molar-refractivity contribution in [2.24, 2.45) is 4.99 Å². The molecule has 0 amide bonds. The second kappa shape index (κ2) is 4.45. The van der Waals surface area contributed by atoms with Gasteiger partial charge in [0.05, 0.1) is 18.5 Å². The average Bonchev–Trinajstić information content (AvgIpc) is 2.64. The number of hydrogen-bond donors (Lipinski definition) is 0. The summed E-state index contributed by atoms with van der Waals surface area (Å²) < 4.78 is 5.27. The largest absolute Gasteiger partial charge is 0.497 e. The highest BCUT2D eigenvalue weighted by Gasteiger charge is 2.31. The highest BCUT2D eigenvalue weighted by atomic mass is 35.5. The first-order valence-electron chi connectivity index (χ1n) is 5.55. The van der Waals surface area contributed by atoms with Gasteiger partial charge in [-0.1, -0.05) is 0 Å². The molecule has 0 fully saturated rings. The van der Waals surface area contributed by atoms with E-state index in [2.05, 4.69) is 34.0 Å². The van der Waals surface area contributed by atoms with E-state index in [-0.39, 0.29) is 12.4 Å². The van der Waals surface area contributed by atoms with Crippen LogP contribution in [0.15, 0.2) is 23.2 Å². The molecule has 3 rings (SSSR count). The van der Waals surface area contributed by atoms with Gasteiger partial charge in [0.2, 0.25) is 5.96 Å². The molecule has 0 bridgehead atoms. The molecular formula is C12H16ClN3O. The van der Waals surface area contributed by atoms with Crippen LogP contribution >= 0.6 is 12.4 Å². The Balaban J connectivity index is 0.00000108. The molecule has 17 heavy (non-hydrogen) atoms. The van der Waals surface area contributed by atoms with Crippen LogP contribution in [-0.4, -0.2) is 33.2 Å². The van der Waals surface area contributed by atoms with E-state index in [1.807, 2.05) is 6.07 Å². The van der Waals surface area contributed by atoms with Crippen molar-refractivity contribution in [1.82, 2.24) is 0 Å². The minimum Gasteiger partial charge on any atom is -0.497 e. The third-order valence-electron chi connectivity index (χ3n) is 3.17. The lowest BCUT2D eigenvalue weighted by molar-refractivity contribution is 0.415. The Morgan fingerprint density at radius 2 is 2.12 bits per heavy atom. The molecule has 0 unspecified atom stereocenters. The van der Waals surface area contributed by atoms with E-state index < -0.39 is 0 Å². The van der Waals surface area contributed by atoms with Gasteiger partial charge in [0.15, 0.2) is 0 Å². The van der Waals surface area contributed by atoms with Crippen LogP contribution in [0.2, 0.25) is 0 Å². The number of rotatable bonds is 1. The van der Waals surface area contributed by atoms with E-state index in [1.54, 1.807) is 7.11 Å². The second-order valence-corrected chi connectivity index (χ2v) is 4.10. The Labute approximate surface area is 107 Å². The molecule has 0 radical (unpaired) electrons. The van der Waals surface area contributed by atoms with Gasteiger partial charge in [-0.25, -0.2) is 0 Å². The molecule has 4 nitrogen and oxygen atoms in total. The molecule has 0 aromatic heterocycles. The zero-order chi connectivity index (χ0) is 11.1. The van der Waals surface area contributed by atoms with Crippen LogP contribution in [0, 0.1) is 0 Å². The van der Waals surface area contributed by atoms with Crippen molar-refractivity contribution in [3.63, 3.8) is 0 Å². The zero-order valence-electron chi connectivity index (χ0n) is 10.0. The summed E-state index contributed by atoms with van der Waals surface area (Å²) in [6.45, 7) is 1.98. The van der Waals surface area contributed by atoms with Gasteiger partial charge in [-0.2, -0.15) is 0 Å². The number of halogens is 1. The first-order valence-corrected chi connectivity index (χ1v) is 5.55. The second-order valence-electron chi connectivity index (χ2n) is 4.10. The van der Waals surface area contributed by atoms with Crippen molar-refractivity contribution in [2.45, 2.75) is 6.42 Å². The Bertz CT molecular complexity index is 461. The number of hydrogen-bond acceptors (Lipinski definition) is 4. The SMILES string of the molecule is COc1ccc2c(c1)N1CCCN=C1N2C.Cl. The molecule has 0 N–H and O–H groups in total. The van der Waals surface area contributed by atoms with Gasteiger partial charge in [0.25, 0.3) is 0 Å². The summed E-state index contributed by atoms with van der Waals surface area (Å²) in [6, 6.07) is 6.17. The standard InChI is InChI=1S/C12H15N3O.ClH/c1-14-10-5-4-9(16-2)8-11(10)15-7-3-6-13-12(14)15;/h4-5,8H,3,6-7H2,1-2H3;1H. The zero-order valence-corrected chi connectivity index (χ0v) is 10.8. The fourth-order valence-electron chi connectivity index (χ4n) is 2.35. The van der Waals surface area contributed by atoms with Crippen molar-refractivity contribution < 1.29 is 4.74 Å². The number of methoxy groups -OCH3 is 1. The Morgan fingerprint density at radius 3 is 2.88 bits per heavy atom. The number of fused-ring (bicyclic) bond motifs is 3. The molecule has 2 aliphatic heterocycles. The van der Waals surface area contributed by atoms with Gasteiger partial charge in [0, 0.05) is 26.2 Å². The molecule has 0 aliphatic carbocycles. The molecule has 92 valence electrons. The van der Waals surface area contributed by atoms with Gasteiger partial charge in [0.1, 0.15) is 5.75 Å².